The van der Waals surface area contributed by atoms with Gasteiger partial charge in [0.2, 0.25) is 0 Å². The molecule has 0 saturated carbocycles. The van der Waals surface area contributed by atoms with Gasteiger partial charge in [-0.15, -0.1) is 0 Å². The van der Waals surface area contributed by atoms with Crippen LogP contribution in [0.5, 0.6) is 0 Å². The normalized spacial score (nSPS) is 15.2. The van der Waals surface area contributed by atoms with Crippen molar-refractivity contribution in [3.63, 3.8) is 0 Å². The van der Waals surface area contributed by atoms with Gasteiger partial charge in [0, 0.05) is 48.9 Å². The highest BCUT2D eigenvalue weighted by molar-refractivity contribution is 6.08. The summed E-state index contributed by atoms with van der Waals surface area (Å²) in [5.41, 5.74) is 4.84. The number of carbonyl (C=O) groups is 1. The molecule has 1 aliphatic rings. The van der Waals surface area contributed by atoms with Crippen LogP contribution in [0, 0.1) is 13.8 Å². The lowest BCUT2D eigenvalue weighted by molar-refractivity contribution is 0.102. The molecular formula is C21H26N6O. The molecule has 1 N–H and O–H groups in total. The van der Waals surface area contributed by atoms with E-state index in [4.69, 9.17) is 0 Å². The Bertz CT molecular complexity index is 986. The third-order valence-electron chi connectivity index (χ3n) is 5.33. The maximum atomic E-state index is 12.7. The molecule has 1 aromatic carbocycles. The molecule has 0 atom stereocenters. The standard InChI is InChI=1S/C21H26N6O/c1-4-25-9-11-26(12-10-25)18-7-5-17(6-8-18)24-21(28)19-14-22-27-16(3)13-15(2)23-20(19)27/h5-8,13-14H,4,9-12H2,1-3H3,(H,24,28). The second-order valence-corrected chi connectivity index (χ2v) is 7.25. The highest BCUT2D eigenvalue weighted by Gasteiger charge is 2.17. The fraction of sp³-hybridized carbons (Fsp3) is 0.381. The van der Waals surface area contributed by atoms with Crippen LogP contribution in [0.4, 0.5) is 11.4 Å². The van der Waals surface area contributed by atoms with Gasteiger partial charge < -0.3 is 15.1 Å². The number of hydrogen-bond acceptors (Lipinski definition) is 5. The number of carbonyl (C=O) groups excluding carboxylic acids is 1. The second-order valence-electron chi connectivity index (χ2n) is 7.25. The van der Waals surface area contributed by atoms with Crippen molar-refractivity contribution in [3.8, 4) is 0 Å². The molecule has 1 fully saturated rings. The van der Waals surface area contributed by atoms with Crippen LogP contribution in [-0.4, -0.2) is 58.1 Å². The summed E-state index contributed by atoms with van der Waals surface area (Å²) in [5.74, 6) is -0.197. The van der Waals surface area contributed by atoms with Crippen molar-refractivity contribution in [2.45, 2.75) is 20.8 Å². The average Bonchev–Trinajstić information content (AvgIpc) is 3.13. The zero-order valence-electron chi connectivity index (χ0n) is 16.6. The number of benzene rings is 1. The Morgan fingerprint density at radius 1 is 1.11 bits per heavy atom. The highest BCUT2D eigenvalue weighted by Crippen LogP contribution is 2.21. The molecule has 3 aromatic rings. The van der Waals surface area contributed by atoms with Crippen molar-refractivity contribution in [2.24, 2.45) is 0 Å². The molecule has 7 nitrogen and oxygen atoms in total. The number of anilines is 2. The van der Waals surface area contributed by atoms with Gasteiger partial charge in [0.05, 0.1) is 6.20 Å². The molecule has 0 aliphatic carbocycles. The van der Waals surface area contributed by atoms with Crippen molar-refractivity contribution in [3.05, 3.63) is 53.5 Å². The van der Waals surface area contributed by atoms with Gasteiger partial charge in [-0.05, 0) is 50.7 Å². The number of rotatable bonds is 4. The fourth-order valence-corrected chi connectivity index (χ4v) is 3.71. The monoisotopic (exact) mass is 378 g/mol. The van der Waals surface area contributed by atoms with Crippen molar-refractivity contribution >= 4 is 22.9 Å². The fourth-order valence-electron chi connectivity index (χ4n) is 3.71. The Labute approximate surface area is 165 Å². The minimum absolute atomic E-state index is 0.197. The molecule has 2 aromatic heterocycles. The van der Waals surface area contributed by atoms with Crippen LogP contribution in [0.1, 0.15) is 28.7 Å². The van der Waals surface area contributed by atoms with Gasteiger partial charge in [-0.25, -0.2) is 9.50 Å². The van der Waals surface area contributed by atoms with Crippen LogP contribution in [0.2, 0.25) is 0 Å². The van der Waals surface area contributed by atoms with E-state index in [1.807, 2.05) is 32.0 Å². The molecule has 28 heavy (non-hydrogen) atoms. The van der Waals surface area contributed by atoms with E-state index in [0.29, 0.717) is 11.2 Å². The summed E-state index contributed by atoms with van der Waals surface area (Å²) >= 11 is 0. The SMILES string of the molecule is CCN1CCN(c2ccc(NC(=O)c3cnn4c(C)cc(C)nc34)cc2)CC1. The van der Waals surface area contributed by atoms with E-state index in [1.165, 1.54) is 5.69 Å². The summed E-state index contributed by atoms with van der Waals surface area (Å²) in [6, 6.07) is 9.99. The lowest BCUT2D eigenvalue weighted by Crippen LogP contribution is -2.46. The smallest absolute Gasteiger partial charge is 0.261 e. The Balaban J connectivity index is 1.47. The number of fused-ring (bicyclic) bond motifs is 1. The minimum Gasteiger partial charge on any atom is -0.369 e. The lowest BCUT2D eigenvalue weighted by atomic mass is 10.2. The quantitative estimate of drug-likeness (QED) is 0.756. The van der Waals surface area contributed by atoms with E-state index < -0.39 is 0 Å². The van der Waals surface area contributed by atoms with Gasteiger partial charge in [-0.2, -0.15) is 5.10 Å². The third kappa shape index (κ3) is 3.57. The first-order valence-corrected chi connectivity index (χ1v) is 9.76. The Morgan fingerprint density at radius 2 is 1.82 bits per heavy atom. The molecule has 1 saturated heterocycles. The molecule has 146 valence electrons. The summed E-state index contributed by atoms with van der Waals surface area (Å²) in [4.78, 5) is 22.1. The van der Waals surface area contributed by atoms with E-state index >= 15 is 0 Å². The number of hydrogen-bond donors (Lipinski definition) is 1. The summed E-state index contributed by atoms with van der Waals surface area (Å²) in [6.45, 7) is 11.4. The topological polar surface area (TPSA) is 65.8 Å². The van der Waals surface area contributed by atoms with Crippen molar-refractivity contribution in [1.82, 2.24) is 19.5 Å². The Kier molecular flexibility index (Phi) is 5.00. The number of likely N-dealkylation sites (N-methyl/N-ethyl adjacent to an activating group) is 1. The average molecular weight is 378 g/mol. The predicted molar refractivity (Wildman–Crippen MR) is 111 cm³/mol. The van der Waals surface area contributed by atoms with E-state index in [0.717, 1.165) is 49.8 Å². The Morgan fingerprint density at radius 3 is 2.50 bits per heavy atom. The summed E-state index contributed by atoms with van der Waals surface area (Å²) in [6.07, 6.45) is 1.58. The van der Waals surface area contributed by atoms with Crippen LogP contribution in [0.25, 0.3) is 5.65 Å². The molecule has 7 heteroatoms. The van der Waals surface area contributed by atoms with Crippen LogP contribution < -0.4 is 10.2 Å². The van der Waals surface area contributed by atoms with Gasteiger partial charge in [-0.3, -0.25) is 4.79 Å². The van der Waals surface area contributed by atoms with E-state index in [9.17, 15) is 4.79 Å². The molecule has 3 heterocycles. The van der Waals surface area contributed by atoms with Crippen molar-refractivity contribution in [1.29, 1.82) is 0 Å². The summed E-state index contributed by atoms with van der Waals surface area (Å²) in [5, 5.41) is 7.26. The first-order chi connectivity index (χ1) is 13.5. The number of nitrogens with one attached hydrogen (secondary N) is 1. The predicted octanol–water partition coefficient (Wildman–Crippen LogP) is 2.74. The zero-order valence-corrected chi connectivity index (χ0v) is 16.6. The molecule has 4 rings (SSSR count). The van der Waals surface area contributed by atoms with Gasteiger partial charge in [-0.1, -0.05) is 6.92 Å². The molecular weight excluding hydrogens is 352 g/mol. The molecule has 1 amide bonds. The van der Waals surface area contributed by atoms with Gasteiger partial charge in [0.15, 0.2) is 5.65 Å². The molecule has 0 radical (unpaired) electrons. The number of aryl methyl sites for hydroxylation is 2. The van der Waals surface area contributed by atoms with Crippen LogP contribution >= 0.6 is 0 Å². The number of aromatic nitrogens is 3. The number of piperazine rings is 1. The van der Waals surface area contributed by atoms with Gasteiger partial charge >= 0.3 is 0 Å². The lowest BCUT2D eigenvalue weighted by Gasteiger charge is -2.35. The summed E-state index contributed by atoms with van der Waals surface area (Å²) in [7, 11) is 0. The second kappa shape index (κ2) is 7.59. The van der Waals surface area contributed by atoms with Crippen molar-refractivity contribution in [2.75, 3.05) is 42.9 Å². The third-order valence-corrected chi connectivity index (χ3v) is 5.33. The highest BCUT2D eigenvalue weighted by atomic mass is 16.1. The van der Waals surface area contributed by atoms with E-state index in [1.54, 1.807) is 10.7 Å². The Hall–Kier alpha value is -2.93. The van der Waals surface area contributed by atoms with E-state index in [2.05, 4.69) is 44.3 Å². The zero-order chi connectivity index (χ0) is 19.7. The van der Waals surface area contributed by atoms with Crippen LogP contribution in [0.15, 0.2) is 36.5 Å². The maximum absolute atomic E-state index is 12.7. The maximum Gasteiger partial charge on any atom is 0.261 e. The number of nitrogens with zero attached hydrogens (tertiary/aromatic N) is 5. The molecule has 0 spiro atoms. The first kappa shape index (κ1) is 18.4. The first-order valence-electron chi connectivity index (χ1n) is 9.76. The largest absolute Gasteiger partial charge is 0.369 e. The number of amides is 1. The van der Waals surface area contributed by atoms with Gasteiger partial charge in [0.25, 0.3) is 5.91 Å². The van der Waals surface area contributed by atoms with Crippen LogP contribution in [0.3, 0.4) is 0 Å². The summed E-state index contributed by atoms with van der Waals surface area (Å²) < 4.78 is 1.70. The van der Waals surface area contributed by atoms with E-state index in [-0.39, 0.29) is 5.91 Å². The molecule has 0 bridgehead atoms. The van der Waals surface area contributed by atoms with Crippen molar-refractivity contribution < 1.29 is 4.79 Å². The van der Waals surface area contributed by atoms with Crippen LogP contribution in [-0.2, 0) is 0 Å². The molecule has 1 aliphatic heterocycles. The minimum atomic E-state index is -0.197. The van der Waals surface area contributed by atoms with Gasteiger partial charge in [0.1, 0.15) is 5.56 Å². The molecule has 0 unspecified atom stereocenters.